The van der Waals surface area contributed by atoms with Crippen molar-refractivity contribution in [3.8, 4) is 11.8 Å². The Bertz CT molecular complexity index is 526. The predicted octanol–water partition coefficient (Wildman–Crippen LogP) is 0.939. The van der Waals surface area contributed by atoms with E-state index < -0.39 is 0 Å². The molecular weight excluding hydrogens is 250 g/mol. The van der Waals surface area contributed by atoms with Gasteiger partial charge in [0.2, 0.25) is 0 Å². The summed E-state index contributed by atoms with van der Waals surface area (Å²) in [4.78, 5) is 16.2. The predicted molar refractivity (Wildman–Crippen MR) is 82.6 cm³/mol. The number of carbonyl (C=O) groups excluding carboxylic acids is 1. The monoisotopic (exact) mass is 273 g/mol. The smallest absolute Gasteiger partial charge is 0.253 e. The summed E-state index contributed by atoms with van der Waals surface area (Å²) < 4.78 is 0. The van der Waals surface area contributed by atoms with E-state index >= 15 is 0 Å². The number of carbonyl (C=O) groups is 1. The van der Waals surface area contributed by atoms with Crippen LogP contribution in [0.25, 0.3) is 0 Å². The van der Waals surface area contributed by atoms with Crippen LogP contribution in [0.1, 0.15) is 21.5 Å². The summed E-state index contributed by atoms with van der Waals surface area (Å²) in [5.41, 5.74) is 7.86. The molecule has 0 saturated carbocycles. The third-order valence-electron chi connectivity index (χ3n) is 3.03. The van der Waals surface area contributed by atoms with Crippen molar-refractivity contribution in [2.75, 3.05) is 40.8 Å². The maximum absolute atomic E-state index is 12.4. The van der Waals surface area contributed by atoms with Gasteiger partial charge in [0.05, 0.1) is 6.54 Å². The lowest BCUT2D eigenvalue weighted by Gasteiger charge is -2.20. The highest BCUT2D eigenvalue weighted by molar-refractivity contribution is 5.95. The minimum Gasteiger partial charge on any atom is -0.340 e. The van der Waals surface area contributed by atoms with Gasteiger partial charge in [0.1, 0.15) is 0 Å². The van der Waals surface area contributed by atoms with Crippen LogP contribution in [0.3, 0.4) is 0 Å². The fourth-order valence-corrected chi connectivity index (χ4v) is 1.74. The van der Waals surface area contributed by atoms with Crippen LogP contribution < -0.4 is 5.73 Å². The Labute approximate surface area is 121 Å². The van der Waals surface area contributed by atoms with Crippen molar-refractivity contribution in [1.29, 1.82) is 0 Å². The lowest BCUT2D eigenvalue weighted by molar-refractivity contribution is 0.0785. The fourth-order valence-electron chi connectivity index (χ4n) is 1.74. The van der Waals surface area contributed by atoms with Crippen LogP contribution in [0.4, 0.5) is 0 Å². The van der Waals surface area contributed by atoms with Crippen LogP contribution in [0.15, 0.2) is 18.2 Å². The van der Waals surface area contributed by atoms with Crippen molar-refractivity contribution in [2.24, 2.45) is 5.73 Å². The minimum absolute atomic E-state index is 0.0285. The summed E-state index contributed by atoms with van der Waals surface area (Å²) in [5.74, 6) is 5.80. The second kappa shape index (κ2) is 7.68. The largest absolute Gasteiger partial charge is 0.340 e. The van der Waals surface area contributed by atoms with Gasteiger partial charge < -0.3 is 15.5 Å². The zero-order valence-electron chi connectivity index (χ0n) is 12.7. The van der Waals surface area contributed by atoms with E-state index in [4.69, 9.17) is 5.73 Å². The van der Waals surface area contributed by atoms with E-state index in [9.17, 15) is 4.79 Å². The van der Waals surface area contributed by atoms with E-state index in [1.165, 1.54) is 0 Å². The first kappa shape index (κ1) is 16.2. The van der Waals surface area contributed by atoms with Crippen LogP contribution in [-0.4, -0.2) is 56.5 Å². The molecule has 0 spiro atoms. The Kier molecular flexibility index (Phi) is 6.23. The van der Waals surface area contributed by atoms with Crippen LogP contribution in [0, 0.1) is 18.8 Å². The molecule has 1 aromatic rings. The van der Waals surface area contributed by atoms with E-state index in [0.29, 0.717) is 18.7 Å². The molecule has 1 amide bonds. The van der Waals surface area contributed by atoms with Gasteiger partial charge in [-0.05, 0) is 38.7 Å². The maximum atomic E-state index is 12.4. The van der Waals surface area contributed by atoms with Crippen LogP contribution >= 0.6 is 0 Å². The zero-order valence-corrected chi connectivity index (χ0v) is 12.7. The summed E-state index contributed by atoms with van der Waals surface area (Å²) in [6.45, 7) is 3.80. The highest BCUT2D eigenvalue weighted by Crippen LogP contribution is 2.13. The first-order valence-corrected chi connectivity index (χ1v) is 6.65. The molecule has 1 rings (SSSR count). The molecule has 4 nitrogen and oxygen atoms in total. The first-order valence-electron chi connectivity index (χ1n) is 6.65. The third kappa shape index (κ3) is 4.69. The molecule has 4 heteroatoms. The molecule has 0 heterocycles. The highest BCUT2D eigenvalue weighted by Gasteiger charge is 2.14. The van der Waals surface area contributed by atoms with E-state index in [-0.39, 0.29) is 5.91 Å². The van der Waals surface area contributed by atoms with Gasteiger partial charge in [-0.1, -0.05) is 17.9 Å². The lowest BCUT2D eigenvalue weighted by atomic mass is 10.0. The minimum atomic E-state index is 0.0285. The van der Waals surface area contributed by atoms with Gasteiger partial charge in [-0.15, -0.1) is 0 Å². The molecule has 0 aliphatic rings. The van der Waals surface area contributed by atoms with Gasteiger partial charge in [-0.2, -0.15) is 0 Å². The molecular formula is C16H23N3O. The second-order valence-electron chi connectivity index (χ2n) is 5.07. The molecule has 0 saturated heterocycles. The molecule has 0 bridgehead atoms. The molecule has 2 N–H and O–H groups in total. The highest BCUT2D eigenvalue weighted by atomic mass is 16.2. The average molecular weight is 273 g/mol. The normalized spacial score (nSPS) is 10.1. The average Bonchev–Trinajstić information content (AvgIpc) is 2.43. The molecule has 108 valence electrons. The number of aryl methyl sites for hydroxylation is 1. The summed E-state index contributed by atoms with van der Waals surface area (Å²) in [7, 11) is 5.81. The van der Waals surface area contributed by atoms with Crippen LogP contribution in [-0.2, 0) is 0 Å². The van der Waals surface area contributed by atoms with Gasteiger partial charge in [-0.3, -0.25) is 4.79 Å². The van der Waals surface area contributed by atoms with Crippen molar-refractivity contribution in [2.45, 2.75) is 6.92 Å². The lowest BCUT2D eigenvalue weighted by Crippen LogP contribution is -2.33. The van der Waals surface area contributed by atoms with Gasteiger partial charge in [0.15, 0.2) is 0 Å². The number of nitrogens with zero attached hydrogens (tertiary/aromatic N) is 2. The van der Waals surface area contributed by atoms with Gasteiger partial charge in [-0.25, -0.2) is 0 Å². The third-order valence-corrected chi connectivity index (χ3v) is 3.03. The van der Waals surface area contributed by atoms with Gasteiger partial charge >= 0.3 is 0 Å². The molecule has 20 heavy (non-hydrogen) atoms. The standard InChI is InChI=1S/C16H23N3O/c1-13-7-8-14(6-5-9-17)12-15(13)16(20)19(4)11-10-18(2)3/h7-8,12H,9-11,17H2,1-4H3. The molecule has 0 unspecified atom stereocenters. The number of hydrogen-bond acceptors (Lipinski definition) is 3. The van der Waals surface area contributed by atoms with Crippen molar-refractivity contribution in [1.82, 2.24) is 9.80 Å². The Hall–Kier alpha value is -1.83. The number of hydrogen-bond donors (Lipinski definition) is 1. The van der Waals surface area contributed by atoms with Crippen LogP contribution in [0.2, 0.25) is 0 Å². The number of benzene rings is 1. The zero-order chi connectivity index (χ0) is 15.1. The number of nitrogens with two attached hydrogens (primary N) is 1. The summed E-state index contributed by atoms with van der Waals surface area (Å²) in [6.07, 6.45) is 0. The van der Waals surface area contributed by atoms with Crippen molar-refractivity contribution < 1.29 is 4.79 Å². The summed E-state index contributed by atoms with van der Waals surface area (Å²) in [6, 6.07) is 5.68. The van der Waals surface area contributed by atoms with Crippen LogP contribution in [0.5, 0.6) is 0 Å². The summed E-state index contributed by atoms with van der Waals surface area (Å²) in [5, 5.41) is 0. The number of likely N-dealkylation sites (N-methyl/N-ethyl adjacent to an activating group) is 2. The number of amides is 1. The van der Waals surface area contributed by atoms with Crippen molar-refractivity contribution >= 4 is 5.91 Å². The molecule has 0 atom stereocenters. The number of rotatable bonds is 4. The Balaban J connectivity index is 2.91. The molecule has 1 aromatic carbocycles. The Morgan fingerprint density at radius 1 is 1.25 bits per heavy atom. The molecule has 0 aliphatic carbocycles. The second-order valence-corrected chi connectivity index (χ2v) is 5.07. The molecule has 0 fully saturated rings. The SMILES string of the molecule is Cc1ccc(C#CCN)cc1C(=O)N(C)CCN(C)C. The fraction of sp³-hybridized carbons (Fsp3) is 0.438. The summed E-state index contributed by atoms with van der Waals surface area (Å²) >= 11 is 0. The Morgan fingerprint density at radius 2 is 1.95 bits per heavy atom. The van der Waals surface area contributed by atoms with E-state index in [2.05, 4.69) is 16.7 Å². The molecule has 0 aromatic heterocycles. The maximum Gasteiger partial charge on any atom is 0.253 e. The topological polar surface area (TPSA) is 49.6 Å². The van der Waals surface area contributed by atoms with Gasteiger partial charge in [0.25, 0.3) is 5.91 Å². The molecule has 0 aliphatic heterocycles. The van der Waals surface area contributed by atoms with E-state index in [1.807, 2.05) is 46.3 Å². The quantitative estimate of drug-likeness (QED) is 0.831. The molecule has 0 radical (unpaired) electrons. The van der Waals surface area contributed by atoms with E-state index in [0.717, 1.165) is 17.7 Å². The Morgan fingerprint density at radius 3 is 2.55 bits per heavy atom. The first-order chi connectivity index (χ1) is 9.45. The van der Waals surface area contributed by atoms with Crippen molar-refractivity contribution in [3.05, 3.63) is 34.9 Å². The van der Waals surface area contributed by atoms with Crippen molar-refractivity contribution in [3.63, 3.8) is 0 Å². The van der Waals surface area contributed by atoms with E-state index in [1.54, 1.807) is 4.90 Å². The van der Waals surface area contributed by atoms with Gasteiger partial charge in [0, 0.05) is 31.3 Å².